The summed E-state index contributed by atoms with van der Waals surface area (Å²) in [6.45, 7) is 4.35. The molecule has 34 heavy (non-hydrogen) atoms. The van der Waals surface area contributed by atoms with Gasteiger partial charge in [-0.1, -0.05) is 86.6 Å². The molecule has 170 valence electrons. The smallest absolute Gasteiger partial charge is 0.326 e. The molecule has 5 rings (SSSR count). The van der Waals surface area contributed by atoms with Crippen LogP contribution in [0.5, 0.6) is 0 Å². The van der Waals surface area contributed by atoms with E-state index in [1.807, 2.05) is 42.5 Å². The van der Waals surface area contributed by atoms with E-state index in [2.05, 4.69) is 59.5 Å². The zero-order chi connectivity index (χ0) is 23.7. The first-order valence-electron chi connectivity index (χ1n) is 11.3. The third kappa shape index (κ3) is 4.13. The van der Waals surface area contributed by atoms with Crippen LogP contribution in [0.25, 0.3) is 32.1 Å². The number of anilines is 1. The second-order valence-electron chi connectivity index (χ2n) is 8.65. The van der Waals surface area contributed by atoms with Crippen molar-refractivity contribution in [3.63, 3.8) is 0 Å². The van der Waals surface area contributed by atoms with Crippen LogP contribution in [0.1, 0.15) is 30.2 Å². The topological polar surface area (TPSA) is 75.1 Å². The fourth-order valence-electron chi connectivity index (χ4n) is 4.39. The van der Waals surface area contributed by atoms with Crippen LogP contribution >= 0.6 is 11.3 Å². The van der Waals surface area contributed by atoms with Crippen LogP contribution in [-0.2, 0) is 11.2 Å². The number of fused-ring (bicyclic) bond motifs is 2. The molecule has 5 aromatic rings. The van der Waals surface area contributed by atoms with Crippen LogP contribution in [0.3, 0.4) is 0 Å². The van der Waals surface area contributed by atoms with E-state index in [4.69, 9.17) is 0 Å². The highest BCUT2D eigenvalue weighted by Crippen LogP contribution is 2.46. The van der Waals surface area contributed by atoms with E-state index in [1.54, 1.807) is 11.3 Å². The van der Waals surface area contributed by atoms with Gasteiger partial charge in [0.05, 0.1) is 5.39 Å². The van der Waals surface area contributed by atoms with Gasteiger partial charge in [-0.15, -0.1) is 11.3 Å². The van der Waals surface area contributed by atoms with Crippen LogP contribution < -0.4 is 5.32 Å². The van der Waals surface area contributed by atoms with Crippen LogP contribution in [0.4, 0.5) is 5.82 Å². The SMILES string of the molecule is CC(C)c1sc2ncnc(NC(Cc3ccccc3)C(=O)O)c2c1-c1cccc2ccccc12. The minimum atomic E-state index is -0.915. The zero-order valence-corrected chi connectivity index (χ0v) is 19.8. The highest BCUT2D eigenvalue weighted by atomic mass is 32.1. The van der Waals surface area contributed by atoms with Gasteiger partial charge in [-0.3, -0.25) is 0 Å². The first-order chi connectivity index (χ1) is 16.5. The van der Waals surface area contributed by atoms with E-state index in [1.165, 1.54) is 11.2 Å². The van der Waals surface area contributed by atoms with E-state index in [-0.39, 0.29) is 5.92 Å². The molecule has 1 unspecified atom stereocenters. The molecule has 0 saturated heterocycles. The summed E-state index contributed by atoms with van der Waals surface area (Å²) < 4.78 is 0. The van der Waals surface area contributed by atoms with Gasteiger partial charge in [0.25, 0.3) is 0 Å². The summed E-state index contributed by atoms with van der Waals surface area (Å²) >= 11 is 1.65. The van der Waals surface area contributed by atoms with E-state index in [0.717, 1.165) is 37.7 Å². The summed E-state index contributed by atoms with van der Waals surface area (Å²) in [4.78, 5) is 23.3. The zero-order valence-electron chi connectivity index (χ0n) is 19.0. The second-order valence-corrected chi connectivity index (χ2v) is 9.68. The van der Waals surface area contributed by atoms with Gasteiger partial charge in [0.2, 0.25) is 0 Å². The minimum absolute atomic E-state index is 0.278. The summed E-state index contributed by atoms with van der Waals surface area (Å²) in [5.41, 5.74) is 3.15. The van der Waals surface area contributed by atoms with E-state index < -0.39 is 12.0 Å². The highest BCUT2D eigenvalue weighted by molar-refractivity contribution is 7.19. The molecule has 5 nitrogen and oxygen atoms in total. The van der Waals surface area contributed by atoms with Crippen LogP contribution in [0.15, 0.2) is 79.1 Å². The Balaban J connectivity index is 1.69. The predicted octanol–water partition coefficient (Wildman–Crippen LogP) is 6.74. The molecule has 0 saturated carbocycles. The molecule has 0 aliphatic rings. The molecule has 6 heteroatoms. The maximum Gasteiger partial charge on any atom is 0.326 e. The predicted molar refractivity (Wildman–Crippen MR) is 140 cm³/mol. The quantitative estimate of drug-likeness (QED) is 0.277. The van der Waals surface area contributed by atoms with Gasteiger partial charge in [0.1, 0.15) is 23.0 Å². The number of hydrogen-bond acceptors (Lipinski definition) is 5. The normalized spacial score (nSPS) is 12.3. The van der Waals surface area contributed by atoms with Crippen molar-refractivity contribution in [2.45, 2.75) is 32.2 Å². The first-order valence-corrected chi connectivity index (χ1v) is 12.1. The minimum Gasteiger partial charge on any atom is -0.480 e. The number of thiophene rings is 1. The Hall–Kier alpha value is -3.77. The molecular formula is C28H25N3O2S. The molecule has 2 N–H and O–H groups in total. The Kier molecular flexibility index (Phi) is 5.99. The van der Waals surface area contributed by atoms with Gasteiger partial charge in [-0.25, -0.2) is 14.8 Å². The number of benzene rings is 3. The third-order valence-corrected chi connectivity index (χ3v) is 7.39. The summed E-state index contributed by atoms with van der Waals surface area (Å²) in [6, 6.07) is 23.5. The lowest BCUT2D eigenvalue weighted by atomic mass is 9.94. The monoisotopic (exact) mass is 467 g/mol. The van der Waals surface area contributed by atoms with Crippen molar-refractivity contribution in [3.8, 4) is 11.1 Å². The van der Waals surface area contributed by atoms with E-state index in [0.29, 0.717) is 12.2 Å². The maximum atomic E-state index is 12.2. The van der Waals surface area contributed by atoms with Gasteiger partial charge in [0, 0.05) is 16.9 Å². The second kappa shape index (κ2) is 9.23. The van der Waals surface area contributed by atoms with Gasteiger partial charge >= 0.3 is 5.97 Å². The van der Waals surface area contributed by atoms with Crippen LogP contribution in [0, 0.1) is 0 Å². The molecule has 0 radical (unpaired) electrons. The molecule has 0 aliphatic carbocycles. The molecule has 0 aliphatic heterocycles. The molecule has 3 aromatic carbocycles. The van der Waals surface area contributed by atoms with Crippen LogP contribution in [0.2, 0.25) is 0 Å². The molecule has 0 spiro atoms. The summed E-state index contributed by atoms with van der Waals surface area (Å²) in [7, 11) is 0. The number of carbonyl (C=O) groups is 1. The molecule has 0 bridgehead atoms. The lowest BCUT2D eigenvalue weighted by Crippen LogP contribution is -2.32. The fraction of sp³-hybridized carbons (Fsp3) is 0.179. The van der Waals surface area contributed by atoms with Crippen molar-refractivity contribution in [1.82, 2.24) is 9.97 Å². The number of nitrogens with zero attached hydrogens (tertiary/aromatic N) is 2. The summed E-state index contributed by atoms with van der Waals surface area (Å²) in [5.74, 6) is -0.0818. The number of carboxylic acids is 1. The fourth-order valence-corrected chi connectivity index (χ4v) is 5.55. The Morgan fingerprint density at radius 1 is 0.971 bits per heavy atom. The highest BCUT2D eigenvalue weighted by Gasteiger charge is 2.25. The lowest BCUT2D eigenvalue weighted by molar-refractivity contribution is -0.137. The number of hydrogen-bond donors (Lipinski definition) is 2. The van der Waals surface area contributed by atoms with E-state index >= 15 is 0 Å². The van der Waals surface area contributed by atoms with Gasteiger partial charge < -0.3 is 10.4 Å². The molecule has 2 aromatic heterocycles. The molecule has 2 heterocycles. The average molecular weight is 468 g/mol. The standard InChI is InChI=1S/C28H25N3O2S/c1-17(2)25-23(21-14-8-12-19-11-6-7-13-20(19)21)24-26(29-16-30-27(24)34-25)31-22(28(32)33)15-18-9-4-3-5-10-18/h3-14,16-17,22H,15H2,1-2H3,(H,32,33)(H,29,30,31). The van der Waals surface area contributed by atoms with Gasteiger partial charge in [-0.05, 0) is 27.8 Å². The van der Waals surface area contributed by atoms with Crippen molar-refractivity contribution < 1.29 is 9.90 Å². The van der Waals surface area contributed by atoms with E-state index in [9.17, 15) is 9.90 Å². The Morgan fingerprint density at radius 2 is 1.71 bits per heavy atom. The van der Waals surface area contributed by atoms with Gasteiger partial charge in [-0.2, -0.15) is 0 Å². The molecule has 0 fully saturated rings. The molecule has 0 amide bonds. The van der Waals surface area contributed by atoms with Crippen molar-refractivity contribution in [1.29, 1.82) is 0 Å². The summed E-state index contributed by atoms with van der Waals surface area (Å²) in [5, 5.41) is 16.4. The largest absolute Gasteiger partial charge is 0.480 e. The van der Waals surface area contributed by atoms with Gasteiger partial charge in [0.15, 0.2) is 0 Å². The third-order valence-electron chi connectivity index (χ3n) is 5.99. The number of carboxylic acid groups (broad SMARTS) is 1. The van der Waals surface area contributed by atoms with Crippen molar-refractivity contribution in [2.75, 3.05) is 5.32 Å². The lowest BCUT2D eigenvalue weighted by Gasteiger charge is -2.17. The van der Waals surface area contributed by atoms with Crippen LogP contribution in [-0.4, -0.2) is 27.1 Å². The number of nitrogens with one attached hydrogen (secondary N) is 1. The number of aliphatic carboxylic acids is 1. The first kappa shape index (κ1) is 22.0. The Morgan fingerprint density at radius 3 is 2.47 bits per heavy atom. The Bertz CT molecular complexity index is 1470. The summed E-state index contributed by atoms with van der Waals surface area (Å²) in [6.07, 6.45) is 1.87. The molecule has 1 atom stereocenters. The number of aromatic nitrogens is 2. The number of rotatable bonds is 7. The van der Waals surface area contributed by atoms with Crippen molar-refractivity contribution >= 4 is 44.1 Å². The average Bonchev–Trinajstić information content (AvgIpc) is 3.25. The molecular weight excluding hydrogens is 442 g/mol. The Labute approximate surface area is 202 Å². The maximum absolute atomic E-state index is 12.2. The van der Waals surface area contributed by atoms with Crippen molar-refractivity contribution in [2.24, 2.45) is 0 Å². The van der Waals surface area contributed by atoms with Crippen molar-refractivity contribution in [3.05, 3.63) is 89.6 Å².